The Morgan fingerprint density at radius 2 is 1.82 bits per heavy atom. The van der Waals surface area contributed by atoms with Crippen molar-refractivity contribution >= 4 is 11.6 Å². The number of hydrogen-bond acceptors (Lipinski definition) is 6. The minimum atomic E-state index is -0.690. The second-order valence-corrected chi connectivity index (χ2v) is 8.90. The average Bonchev–Trinajstić information content (AvgIpc) is 2.85. The van der Waals surface area contributed by atoms with E-state index in [1.165, 1.54) is 11.3 Å². The molecule has 1 aliphatic heterocycles. The van der Waals surface area contributed by atoms with Gasteiger partial charge in [-0.05, 0) is 49.3 Å². The van der Waals surface area contributed by atoms with E-state index in [0.717, 1.165) is 25.7 Å². The normalized spacial score (nSPS) is 22.1. The van der Waals surface area contributed by atoms with Gasteiger partial charge in [0.05, 0.1) is 23.6 Å². The molecule has 3 unspecified atom stereocenters. The Morgan fingerprint density at radius 1 is 1.03 bits per heavy atom. The Labute approximate surface area is 196 Å². The van der Waals surface area contributed by atoms with Crippen molar-refractivity contribution < 1.29 is 19.7 Å². The number of rotatable bonds is 4. The maximum atomic E-state index is 13.9. The molecule has 3 N–H and O–H groups in total. The number of hydrogen-bond donors (Lipinski definition) is 3. The van der Waals surface area contributed by atoms with Crippen molar-refractivity contribution in [1.29, 1.82) is 0 Å². The van der Waals surface area contributed by atoms with Crippen LogP contribution < -0.4 is 10.5 Å². The molecule has 1 saturated carbocycles. The molecule has 2 fully saturated rings. The average molecular weight is 462 g/mol. The summed E-state index contributed by atoms with van der Waals surface area (Å²) >= 11 is 0. The van der Waals surface area contributed by atoms with Gasteiger partial charge in [-0.3, -0.25) is 24.5 Å². The van der Waals surface area contributed by atoms with E-state index < -0.39 is 29.3 Å². The molecule has 0 radical (unpaired) electrons. The molecule has 3 atom stereocenters. The lowest BCUT2D eigenvalue weighted by atomic mass is 9.81. The number of nitrogens with zero attached hydrogens (tertiary/aromatic N) is 2. The fourth-order valence-corrected chi connectivity index (χ4v) is 5.18. The number of anilines is 1. The molecule has 5 rings (SSSR count). The zero-order valence-corrected chi connectivity index (χ0v) is 18.7. The number of ether oxygens (including phenoxy) is 1. The topological polar surface area (TPSA) is 116 Å². The Balaban J connectivity index is 1.58. The number of H-pyrrole nitrogens is 1. The molecule has 1 saturated heterocycles. The van der Waals surface area contributed by atoms with Gasteiger partial charge in [0.25, 0.3) is 11.5 Å². The zero-order chi connectivity index (χ0) is 23.7. The van der Waals surface area contributed by atoms with Gasteiger partial charge in [0.2, 0.25) is 5.88 Å². The highest BCUT2D eigenvalue weighted by Gasteiger charge is 2.39. The molecule has 0 spiro atoms. The molecule has 0 bridgehead atoms. The Bertz CT molecular complexity index is 1230. The van der Waals surface area contributed by atoms with Gasteiger partial charge in [0.15, 0.2) is 0 Å². The zero-order valence-electron chi connectivity index (χ0n) is 18.7. The van der Waals surface area contributed by atoms with Gasteiger partial charge >= 0.3 is 0 Å². The van der Waals surface area contributed by atoms with Gasteiger partial charge in [-0.1, -0.05) is 43.2 Å². The number of pyridine rings is 2. The van der Waals surface area contributed by atoms with E-state index in [0.29, 0.717) is 23.6 Å². The molecule has 8 heteroatoms. The van der Waals surface area contributed by atoms with Crippen LogP contribution in [0.3, 0.4) is 0 Å². The molecule has 2 aromatic heterocycles. The van der Waals surface area contributed by atoms with Gasteiger partial charge < -0.3 is 14.9 Å². The fourth-order valence-electron chi connectivity index (χ4n) is 5.18. The van der Waals surface area contributed by atoms with E-state index >= 15 is 0 Å². The summed E-state index contributed by atoms with van der Waals surface area (Å²) in [5.41, 5.74) is -0.230. The van der Waals surface area contributed by atoms with Crippen molar-refractivity contribution in [3.05, 3.63) is 70.8 Å². The SMILES string of the molecule is O=C(c1c(O)[nH]c(=O)c(-c2ccccc2)c1O)N(c1cccnc1)C1CCC2CCCCC2O1. The molecule has 1 aromatic carbocycles. The summed E-state index contributed by atoms with van der Waals surface area (Å²) in [5, 5.41) is 21.6. The summed E-state index contributed by atoms with van der Waals surface area (Å²) in [7, 11) is 0. The van der Waals surface area contributed by atoms with Gasteiger partial charge in [-0.25, -0.2) is 0 Å². The van der Waals surface area contributed by atoms with Crippen LogP contribution >= 0.6 is 0 Å². The first-order valence-corrected chi connectivity index (χ1v) is 11.7. The third kappa shape index (κ3) is 4.05. The van der Waals surface area contributed by atoms with Gasteiger partial charge in [-0.15, -0.1) is 0 Å². The van der Waals surface area contributed by atoms with Crippen molar-refractivity contribution in [2.24, 2.45) is 5.92 Å². The predicted molar refractivity (Wildman–Crippen MR) is 127 cm³/mol. The van der Waals surface area contributed by atoms with Crippen LogP contribution in [0.5, 0.6) is 11.6 Å². The number of benzene rings is 1. The highest BCUT2D eigenvalue weighted by Crippen LogP contribution is 2.40. The minimum absolute atomic E-state index is 0.0668. The Morgan fingerprint density at radius 3 is 2.59 bits per heavy atom. The molecule has 34 heavy (non-hydrogen) atoms. The second kappa shape index (κ2) is 9.30. The lowest BCUT2D eigenvalue weighted by Gasteiger charge is -2.43. The highest BCUT2D eigenvalue weighted by atomic mass is 16.5. The molecule has 1 aliphatic carbocycles. The van der Waals surface area contributed by atoms with Gasteiger partial charge in [0, 0.05) is 6.20 Å². The quantitative estimate of drug-likeness (QED) is 0.537. The van der Waals surface area contributed by atoms with Crippen LogP contribution in [0.2, 0.25) is 0 Å². The first-order valence-electron chi connectivity index (χ1n) is 11.7. The van der Waals surface area contributed by atoms with Crippen LogP contribution in [-0.2, 0) is 4.74 Å². The Hall–Kier alpha value is -3.65. The number of amides is 1. The van der Waals surface area contributed by atoms with Crippen molar-refractivity contribution in [2.75, 3.05) is 4.90 Å². The number of aromatic nitrogens is 2. The second-order valence-electron chi connectivity index (χ2n) is 8.90. The van der Waals surface area contributed by atoms with Crippen LogP contribution in [0.1, 0.15) is 48.9 Å². The maximum Gasteiger partial charge on any atom is 0.269 e. The monoisotopic (exact) mass is 461 g/mol. The molecular weight excluding hydrogens is 434 g/mol. The van der Waals surface area contributed by atoms with Gasteiger partial charge in [0.1, 0.15) is 17.5 Å². The Kier molecular flexibility index (Phi) is 6.06. The smallest absolute Gasteiger partial charge is 0.269 e. The lowest BCUT2D eigenvalue weighted by molar-refractivity contribution is -0.0961. The molecule has 8 nitrogen and oxygen atoms in total. The lowest BCUT2D eigenvalue weighted by Crippen LogP contribution is -2.49. The molecule has 176 valence electrons. The van der Waals surface area contributed by atoms with E-state index in [2.05, 4.69) is 9.97 Å². The van der Waals surface area contributed by atoms with Crippen molar-refractivity contribution in [3.8, 4) is 22.8 Å². The standard InChI is InChI=1S/C26H27N3O5/c30-23-21(17-8-2-1-3-9-17)24(31)28-25(32)22(23)26(33)29(18-10-6-14-27-15-18)20-13-12-16-7-4-5-11-19(16)34-20/h1-3,6,8-10,14-16,19-20H,4-5,7,11-13H2,(H3,28,30,31,32). The summed E-state index contributed by atoms with van der Waals surface area (Å²) in [6.07, 6.45) is 8.55. The van der Waals surface area contributed by atoms with Crippen molar-refractivity contribution in [2.45, 2.75) is 50.9 Å². The minimum Gasteiger partial charge on any atom is -0.506 e. The number of carbonyl (C=O) groups is 1. The summed E-state index contributed by atoms with van der Waals surface area (Å²) in [4.78, 5) is 34.4. The maximum absolute atomic E-state index is 13.9. The van der Waals surface area contributed by atoms with E-state index in [-0.39, 0.29) is 17.2 Å². The number of carbonyl (C=O) groups excluding carboxylic acids is 1. The summed E-state index contributed by atoms with van der Waals surface area (Å²) in [6.45, 7) is 0. The van der Waals surface area contributed by atoms with Crippen LogP contribution in [0, 0.1) is 5.92 Å². The number of aromatic amines is 1. The number of nitrogens with one attached hydrogen (secondary N) is 1. The molecule has 3 heterocycles. The third-order valence-electron chi connectivity index (χ3n) is 6.83. The van der Waals surface area contributed by atoms with Crippen LogP contribution in [-0.4, -0.2) is 38.4 Å². The number of aromatic hydroxyl groups is 2. The third-order valence-corrected chi connectivity index (χ3v) is 6.83. The first-order chi connectivity index (χ1) is 16.5. The van der Waals surface area contributed by atoms with Crippen LogP contribution in [0.4, 0.5) is 5.69 Å². The molecular formula is C26H27N3O5. The van der Waals surface area contributed by atoms with Crippen LogP contribution in [0.15, 0.2) is 59.7 Å². The van der Waals surface area contributed by atoms with Crippen LogP contribution in [0.25, 0.3) is 11.1 Å². The van der Waals surface area contributed by atoms with E-state index in [9.17, 15) is 19.8 Å². The molecule has 1 amide bonds. The highest BCUT2D eigenvalue weighted by molar-refractivity contribution is 6.10. The first kappa shape index (κ1) is 22.2. The molecule has 2 aliphatic rings. The number of fused-ring (bicyclic) bond motifs is 1. The molecule has 3 aromatic rings. The summed E-state index contributed by atoms with van der Waals surface area (Å²) < 4.78 is 6.41. The fraction of sp³-hybridized carbons (Fsp3) is 0.346. The van der Waals surface area contributed by atoms with E-state index in [1.807, 2.05) is 0 Å². The van der Waals surface area contributed by atoms with E-state index in [1.54, 1.807) is 54.9 Å². The predicted octanol–water partition coefficient (Wildman–Crippen LogP) is 4.19. The van der Waals surface area contributed by atoms with Crippen molar-refractivity contribution in [1.82, 2.24) is 9.97 Å². The van der Waals surface area contributed by atoms with E-state index in [4.69, 9.17) is 4.74 Å². The van der Waals surface area contributed by atoms with Crippen molar-refractivity contribution in [3.63, 3.8) is 0 Å². The largest absolute Gasteiger partial charge is 0.506 e. The summed E-state index contributed by atoms with van der Waals surface area (Å²) in [6, 6.07) is 12.0. The van der Waals surface area contributed by atoms with Gasteiger partial charge in [-0.2, -0.15) is 0 Å². The summed E-state index contributed by atoms with van der Waals surface area (Å²) in [5.74, 6) is -1.45.